The van der Waals surface area contributed by atoms with Crippen LogP contribution in [0, 0.1) is 11.3 Å². The van der Waals surface area contributed by atoms with Gasteiger partial charge in [0.2, 0.25) is 5.75 Å². The summed E-state index contributed by atoms with van der Waals surface area (Å²) in [6.45, 7) is 3.46. The predicted molar refractivity (Wildman–Crippen MR) is 152 cm³/mol. The maximum atomic E-state index is 9.08. The van der Waals surface area contributed by atoms with Crippen LogP contribution < -0.4 is 19.9 Å². The third-order valence-electron chi connectivity index (χ3n) is 6.76. The lowest BCUT2D eigenvalue weighted by molar-refractivity contribution is 0.221. The van der Waals surface area contributed by atoms with Gasteiger partial charge in [-0.3, -0.25) is 9.88 Å². The Bertz CT molecular complexity index is 1390. The summed E-state index contributed by atoms with van der Waals surface area (Å²) >= 11 is 0. The van der Waals surface area contributed by atoms with E-state index in [1.54, 1.807) is 27.5 Å². The monoisotopic (exact) mass is 510 g/mol. The Morgan fingerprint density at radius 3 is 2.13 bits per heavy atom. The largest absolute Gasteiger partial charge is 0.493 e. The molecule has 0 bridgehead atoms. The molecule has 0 unspecified atom stereocenters. The molecule has 1 aliphatic rings. The van der Waals surface area contributed by atoms with Crippen LogP contribution in [0.25, 0.3) is 22.0 Å². The molecule has 2 heterocycles. The van der Waals surface area contributed by atoms with Crippen molar-refractivity contribution >= 4 is 16.6 Å². The summed E-state index contributed by atoms with van der Waals surface area (Å²) in [7, 11) is 4.77. The number of nitrogen functional groups attached to an aromatic ring is 1. The molecule has 5 rings (SSSR count). The zero-order valence-corrected chi connectivity index (χ0v) is 22.2. The number of nitriles is 1. The van der Waals surface area contributed by atoms with Crippen molar-refractivity contribution in [2.75, 3.05) is 40.2 Å². The highest BCUT2D eigenvalue weighted by atomic mass is 16.5. The van der Waals surface area contributed by atoms with E-state index in [1.807, 2.05) is 36.4 Å². The molecule has 7 heteroatoms. The number of pyridine rings is 1. The Kier molecular flexibility index (Phi) is 9.02. The highest BCUT2D eigenvalue weighted by Crippen LogP contribution is 2.36. The van der Waals surface area contributed by atoms with Crippen molar-refractivity contribution in [3.05, 3.63) is 78.0 Å². The summed E-state index contributed by atoms with van der Waals surface area (Å²) in [6.07, 6.45) is 5.55. The first-order valence-corrected chi connectivity index (χ1v) is 12.7. The molecule has 0 spiro atoms. The first kappa shape index (κ1) is 26.8. The molecule has 1 aliphatic heterocycles. The van der Waals surface area contributed by atoms with Gasteiger partial charge in [-0.15, -0.1) is 0 Å². The van der Waals surface area contributed by atoms with Gasteiger partial charge in [0, 0.05) is 18.1 Å². The maximum absolute atomic E-state index is 9.08. The average Bonchev–Trinajstić information content (AvgIpc) is 2.98. The molecule has 196 valence electrons. The molecule has 0 atom stereocenters. The van der Waals surface area contributed by atoms with Crippen molar-refractivity contribution in [3.63, 3.8) is 0 Å². The minimum Gasteiger partial charge on any atom is -0.493 e. The van der Waals surface area contributed by atoms with E-state index < -0.39 is 0 Å². The number of hydrogen-bond donors (Lipinski definition) is 1. The first-order chi connectivity index (χ1) is 18.6. The molecule has 0 amide bonds. The Morgan fingerprint density at radius 1 is 0.868 bits per heavy atom. The number of rotatable bonds is 6. The standard InChI is InChI=1S/C22H22N4.C9H12O3/c23-13-19-14-25-21-12-18(8-9-20(21)22(19)24)17-6-4-16(5-7-17)15-26-10-2-1-3-11-26;1-10-7-5-4-6-8(11-2)9(7)12-3/h4-9,12,14H,1-3,10-11,15H2,(H2,24,25);4-6H,1-3H3. The van der Waals surface area contributed by atoms with Gasteiger partial charge in [-0.2, -0.15) is 5.26 Å². The zero-order chi connectivity index (χ0) is 26.9. The van der Waals surface area contributed by atoms with Crippen LogP contribution in [0.3, 0.4) is 0 Å². The number of benzene rings is 3. The first-order valence-electron chi connectivity index (χ1n) is 12.7. The number of anilines is 1. The number of nitrogens with two attached hydrogens (primary N) is 1. The minimum absolute atomic E-state index is 0.423. The molecule has 2 N–H and O–H groups in total. The lowest BCUT2D eigenvalue weighted by atomic mass is 10.0. The average molecular weight is 511 g/mol. The van der Waals surface area contributed by atoms with Crippen molar-refractivity contribution in [1.82, 2.24) is 9.88 Å². The normalized spacial score (nSPS) is 13.2. The fourth-order valence-electron chi connectivity index (χ4n) is 4.68. The third kappa shape index (κ3) is 6.16. The fourth-order valence-corrected chi connectivity index (χ4v) is 4.68. The van der Waals surface area contributed by atoms with E-state index >= 15 is 0 Å². The van der Waals surface area contributed by atoms with Gasteiger partial charge in [0.15, 0.2) is 11.5 Å². The van der Waals surface area contributed by atoms with Crippen LogP contribution in [0.15, 0.2) is 66.9 Å². The molecular weight excluding hydrogens is 476 g/mol. The Balaban J connectivity index is 0.000000236. The van der Waals surface area contributed by atoms with Crippen molar-refractivity contribution in [2.24, 2.45) is 0 Å². The van der Waals surface area contributed by atoms with Crippen LogP contribution in [0.5, 0.6) is 17.2 Å². The molecule has 1 aromatic heterocycles. The fraction of sp³-hybridized carbons (Fsp3) is 0.290. The summed E-state index contributed by atoms with van der Waals surface area (Å²) in [5.74, 6) is 1.98. The van der Waals surface area contributed by atoms with E-state index in [9.17, 15) is 0 Å². The number of hydrogen-bond acceptors (Lipinski definition) is 7. The summed E-state index contributed by atoms with van der Waals surface area (Å²) in [6, 6.07) is 22.4. The molecule has 38 heavy (non-hydrogen) atoms. The van der Waals surface area contributed by atoms with Crippen LogP contribution >= 0.6 is 0 Å². The maximum Gasteiger partial charge on any atom is 0.203 e. The SMILES string of the molecule is COc1cccc(OC)c1OC.N#Cc1cnc2cc(-c3ccc(CN4CCCCC4)cc3)ccc2c1N. The number of likely N-dealkylation sites (tertiary alicyclic amines) is 1. The third-order valence-corrected chi connectivity index (χ3v) is 6.76. The molecule has 1 fully saturated rings. The Morgan fingerprint density at radius 2 is 1.53 bits per heavy atom. The van der Waals surface area contributed by atoms with E-state index in [2.05, 4.69) is 40.2 Å². The quantitative estimate of drug-likeness (QED) is 0.337. The van der Waals surface area contributed by atoms with E-state index in [1.165, 1.54) is 43.5 Å². The van der Waals surface area contributed by atoms with Gasteiger partial charge < -0.3 is 19.9 Å². The van der Waals surface area contributed by atoms with Crippen molar-refractivity contribution in [3.8, 4) is 34.4 Å². The second-order valence-corrected chi connectivity index (χ2v) is 9.16. The summed E-state index contributed by atoms with van der Waals surface area (Å²) in [5, 5.41) is 9.91. The van der Waals surface area contributed by atoms with Crippen molar-refractivity contribution < 1.29 is 14.2 Å². The van der Waals surface area contributed by atoms with Crippen LogP contribution in [0.2, 0.25) is 0 Å². The number of aromatic nitrogens is 1. The predicted octanol–water partition coefficient (Wildman–Crippen LogP) is 6.05. The minimum atomic E-state index is 0.423. The molecule has 7 nitrogen and oxygen atoms in total. The van der Waals surface area contributed by atoms with Crippen molar-refractivity contribution in [2.45, 2.75) is 25.8 Å². The summed E-state index contributed by atoms with van der Waals surface area (Å²) in [4.78, 5) is 6.92. The molecule has 0 radical (unpaired) electrons. The Hall–Kier alpha value is -4.28. The molecule has 0 aliphatic carbocycles. The van der Waals surface area contributed by atoms with Gasteiger partial charge in [-0.1, -0.05) is 48.9 Å². The highest BCUT2D eigenvalue weighted by Gasteiger charge is 2.11. The van der Waals surface area contributed by atoms with Crippen LogP contribution in [0.4, 0.5) is 5.69 Å². The van der Waals surface area contributed by atoms with Crippen molar-refractivity contribution in [1.29, 1.82) is 5.26 Å². The number of methoxy groups -OCH3 is 3. The van der Waals surface area contributed by atoms with Crippen LogP contribution in [-0.4, -0.2) is 44.3 Å². The number of ether oxygens (including phenoxy) is 3. The van der Waals surface area contributed by atoms with Gasteiger partial charge in [0.1, 0.15) is 6.07 Å². The molecule has 1 saturated heterocycles. The van der Waals surface area contributed by atoms with Gasteiger partial charge >= 0.3 is 0 Å². The smallest absolute Gasteiger partial charge is 0.203 e. The Labute approximate surface area is 224 Å². The van der Waals surface area contributed by atoms with E-state index in [-0.39, 0.29) is 0 Å². The topological polar surface area (TPSA) is 93.6 Å². The van der Waals surface area contributed by atoms with Gasteiger partial charge in [-0.05, 0) is 60.8 Å². The summed E-state index contributed by atoms with van der Waals surface area (Å²) < 4.78 is 15.3. The van der Waals surface area contributed by atoms with E-state index in [0.717, 1.165) is 23.0 Å². The van der Waals surface area contributed by atoms with Gasteiger partial charge in [-0.25, -0.2) is 0 Å². The van der Waals surface area contributed by atoms with E-state index in [0.29, 0.717) is 28.5 Å². The number of piperidine rings is 1. The lowest BCUT2D eigenvalue weighted by Gasteiger charge is -2.26. The number of nitrogens with zero attached hydrogens (tertiary/aromatic N) is 3. The second kappa shape index (κ2) is 12.8. The van der Waals surface area contributed by atoms with Gasteiger partial charge in [0.25, 0.3) is 0 Å². The zero-order valence-electron chi connectivity index (χ0n) is 22.2. The van der Waals surface area contributed by atoms with Gasteiger partial charge in [0.05, 0.1) is 38.1 Å². The second-order valence-electron chi connectivity index (χ2n) is 9.16. The summed E-state index contributed by atoms with van der Waals surface area (Å²) in [5.41, 5.74) is 11.4. The lowest BCUT2D eigenvalue weighted by Crippen LogP contribution is -2.28. The molecule has 0 saturated carbocycles. The number of fused-ring (bicyclic) bond motifs is 1. The number of para-hydroxylation sites is 1. The molecular formula is C31H34N4O3. The highest BCUT2D eigenvalue weighted by molar-refractivity contribution is 5.95. The van der Waals surface area contributed by atoms with E-state index in [4.69, 9.17) is 25.2 Å². The molecule has 3 aromatic carbocycles. The molecule has 4 aromatic rings. The van der Waals surface area contributed by atoms with Crippen LogP contribution in [0.1, 0.15) is 30.4 Å². The van der Waals surface area contributed by atoms with Crippen LogP contribution in [-0.2, 0) is 6.54 Å².